The minimum absolute atomic E-state index is 0.0124. The van der Waals surface area contributed by atoms with Crippen LogP contribution < -0.4 is 5.32 Å². The van der Waals surface area contributed by atoms with E-state index in [1.807, 2.05) is 26.0 Å². The molecule has 192 valence electrons. The van der Waals surface area contributed by atoms with Crippen molar-refractivity contribution in [2.24, 2.45) is 11.8 Å². The van der Waals surface area contributed by atoms with Gasteiger partial charge in [0.15, 0.2) is 11.5 Å². The van der Waals surface area contributed by atoms with Gasteiger partial charge in [-0.15, -0.1) is 0 Å². The van der Waals surface area contributed by atoms with E-state index in [1.54, 1.807) is 6.92 Å². The van der Waals surface area contributed by atoms with Gasteiger partial charge in [0.05, 0.1) is 18.3 Å². The summed E-state index contributed by atoms with van der Waals surface area (Å²) in [5.41, 5.74) is 1.27. The molecule has 8 nitrogen and oxygen atoms in total. The monoisotopic (exact) mass is 494 g/mol. The van der Waals surface area contributed by atoms with Gasteiger partial charge in [-0.05, 0) is 38.0 Å². The molecule has 1 aliphatic carbocycles. The molecule has 0 amide bonds. The van der Waals surface area contributed by atoms with Gasteiger partial charge >= 0.3 is 12.1 Å². The lowest BCUT2D eigenvalue weighted by atomic mass is 9.92. The normalized spacial score (nSPS) is 19.1. The minimum Gasteiger partial charge on any atom is -0.463 e. The molecule has 4 unspecified atom stereocenters. The average Bonchev–Trinajstić information content (AvgIpc) is 3.46. The van der Waals surface area contributed by atoms with Crippen molar-refractivity contribution in [3.63, 3.8) is 0 Å². The number of rotatable bonds is 8. The lowest BCUT2D eigenvalue weighted by Crippen LogP contribution is -2.24. The van der Waals surface area contributed by atoms with E-state index in [0.717, 1.165) is 31.4 Å². The minimum atomic E-state index is -4.00. The number of nitrogens with one attached hydrogen (secondary N) is 2. The van der Waals surface area contributed by atoms with Crippen molar-refractivity contribution in [3.05, 3.63) is 29.8 Å². The molecule has 2 N–H and O–H groups in total. The third-order valence-electron chi connectivity index (χ3n) is 6.12. The molecule has 0 spiro atoms. The quantitative estimate of drug-likeness (QED) is 0.431. The molecule has 2 aromatic heterocycles. The highest BCUT2D eigenvalue weighted by atomic mass is 19.4. The molecule has 0 aliphatic heterocycles. The molecule has 0 saturated heterocycles. The van der Waals surface area contributed by atoms with Crippen LogP contribution in [0.3, 0.4) is 0 Å². The van der Waals surface area contributed by atoms with Gasteiger partial charge in [-0.2, -0.15) is 23.5 Å². The van der Waals surface area contributed by atoms with Gasteiger partial charge in [0, 0.05) is 24.6 Å². The molecule has 1 saturated carbocycles. The second-order valence-electron chi connectivity index (χ2n) is 8.87. The number of hydrogen-bond acceptors (Lipinski definition) is 7. The van der Waals surface area contributed by atoms with Crippen LogP contribution in [0.5, 0.6) is 0 Å². The van der Waals surface area contributed by atoms with Crippen LogP contribution in [0, 0.1) is 23.2 Å². The van der Waals surface area contributed by atoms with Crippen LogP contribution in [0.4, 0.5) is 24.8 Å². The Bertz CT molecular complexity index is 971. The second kappa shape index (κ2) is 13.1. The van der Waals surface area contributed by atoms with Crippen molar-refractivity contribution in [1.29, 1.82) is 5.26 Å². The summed E-state index contributed by atoms with van der Waals surface area (Å²) in [7, 11) is 0. The van der Waals surface area contributed by atoms with Crippen molar-refractivity contribution < 1.29 is 22.7 Å². The number of carbonyl (C=O) groups is 1. The van der Waals surface area contributed by atoms with Gasteiger partial charge in [-0.1, -0.05) is 27.2 Å². The maximum absolute atomic E-state index is 12.2. The predicted octanol–water partition coefficient (Wildman–Crippen LogP) is 6.03. The predicted molar refractivity (Wildman–Crippen MR) is 125 cm³/mol. The Hall–Kier alpha value is -3.16. The molecule has 3 rings (SSSR count). The molecule has 1 fully saturated rings. The highest BCUT2D eigenvalue weighted by Gasteiger charge is 2.38. The largest absolute Gasteiger partial charge is 0.463 e. The molecular formula is C24H33F3N6O2. The van der Waals surface area contributed by atoms with E-state index in [-0.39, 0.29) is 36.5 Å². The SMILES string of the molecule is CC(=O)OC1CCC(c2cc(Nc3cnc(C#N)cn3)n[nH]2)C1.CCC(C)CC(CC)C(F)(F)F. The summed E-state index contributed by atoms with van der Waals surface area (Å²) >= 11 is 0. The standard InChI is InChI=1S/C15H16N6O2.C9H17F3/c1-9(22)23-12-3-2-10(4-12)13-5-14(21-20-13)19-15-8-17-11(6-16)7-18-15;1-4-7(3)6-8(5-2)9(10,11)12/h5,7-8,10,12H,2-4H2,1H3,(H2,18,19,20,21);7-8H,4-6H2,1-3H3. The lowest BCUT2D eigenvalue weighted by Gasteiger charge is -2.21. The Balaban J connectivity index is 0.000000307. The summed E-state index contributed by atoms with van der Waals surface area (Å²) in [6, 6.07) is 3.84. The van der Waals surface area contributed by atoms with Gasteiger partial charge in [0.2, 0.25) is 0 Å². The Morgan fingerprint density at radius 2 is 2.00 bits per heavy atom. The van der Waals surface area contributed by atoms with Crippen LogP contribution in [-0.4, -0.2) is 38.4 Å². The first-order valence-corrected chi connectivity index (χ1v) is 11.8. The average molecular weight is 495 g/mol. The van der Waals surface area contributed by atoms with Gasteiger partial charge in [-0.3, -0.25) is 9.89 Å². The summed E-state index contributed by atoms with van der Waals surface area (Å²) in [5.74, 6) is 0.293. The van der Waals surface area contributed by atoms with E-state index in [2.05, 4.69) is 25.5 Å². The zero-order valence-electron chi connectivity index (χ0n) is 20.5. The molecule has 0 aromatic carbocycles. The number of hydrogen-bond donors (Lipinski definition) is 2. The molecular weight excluding hydrogens is 461 g/mol. The molecule has 4 atom stereocenters. The second-order valence-corrected chi connectivity index (χ2v) is 8.87. The van der Waals surface area contributed by atoms with E-state index in [1.165, 1.54) is 19.3 Å². The van der Waals surface area contributed by atoms with Crippen LogP contribution in [0.25, 0.3) is 0 Å². The van der Waals surface area contributed by atoms with E-state index < -0.39 is 12.1 Å². The van der Waals surface area contributed by atoms with Crippen molar-refractivity contribution in [2.75, 3.05) is 5.32 Å². The molecule has 1 aliphatic rings. The molecule has 35 heavy (non-hydrogen) atoms. The highest BCUT2D eigenvalue weighted by molar-refractivity contribution is 5.66. The Labute approximate surface area is 203 Å². The summed E-state index contributed by atoms with van der Waals surface area (Å²) in [4.78, 5) is 19.0. The maximum Gasteiger partial charge on any atom is 0.391 e. The summed E-state index contributed by atoms with van der Waals surface area (Å²) in [6.45, 7) is 6.83. The van der Waals surface area contributed by atoms with Crippen molar-refractivity contribution in [3.8, 4) is 6.07 Å². The van der Waals surface area contributed by atoms with E-state index in [0.29, 0.717) is 17.6 Å². The first kappa shape index (κ1) is 28.1. The van der Waals surface area contributed by atoms with Crippen molar-refractivity contribution in [1.82, 2.24) is 20.2 Å². The molecule has 2 aromatic rings. The fourth-order valence-corrected chi connectivity index (χ4v) is 3.94. The van der Waals surface area contributed by atoms with Crippen molar-refractivity contribution >= 4 is 17.6 Å². The Morgan fingerprint density at radius 3 is 2.54 bits per heavy atom. The first-order chi connectivity index (χ1) is 16.5. The number of nitrogens with zero attached hydrogens (tertiary/aromatic N) is 4. The number of nitriles is 1. The van der Waals surface area contributed by atoms with Crippen LogP contribution in [0.15, 0.2) is 18.5 Å². The van der Waals surface area contributed by atoms with Gasteiger partial charge in [0.25, 0.3) is 0 Å². The number of aromatic nitrogens is 4. The Morgan fingerprint density at radius 1 is 1.26 bits per heavy atom. The maximum atomic E-state index is 12.2. The third-order valence-corrected chi connectivity index (χ3v) is 6.12. The summed E-state index contributed by atoms with van der Waals surface area (Å²) in [5, 5.41) is 18.9. The Kier molecular flexibility index (Phi) is 10.5. The van der Waals surface area contributed by atoms with Crippen LogP contribution in [0.1, 0.15) is 83.5 Å². The van der Waals surface area contributed by atoms with Crippen molar-refractivity contribution in [2.45, 2.75) is 84.4 Å². The fraction of sp³-hybridized carbons (Fsp3) is 0.625. The third kappa shape index (κ3) is 9.19. The smallest absolute Gasteiger partial charge is 0.391 e. The molecule has 0 bridgehead atoms. The zero-order valence-corrected chi connectivity index (χ0v) is 20.5. The zero-order chi connectivity index (χ0) is 26.0. The molecule has 2 heterocycles. The lowest BCUT2D eigenvalue weighted by molar-refractivity contribution is -0.179. The van der Waals surface area contributed by atoms with E-state index in [4.69, 9.17) is 10.00 Å². The molecule has 0 radical (unpaired) electrons. The number of anilines is 2. The highest BCUT2D eigenvalue weighted by Crippen LogP contribution is 2.36. The van der Waals surface area contributed by atoms with Crippen LogP contribution in [-0.2, 0) is 9.53 Å². The van der Waals surface area contributed by atoms with Gasteiger partial charge < -0.3 is 10.1 Å². The van der Waals surface area contributed by atoms with E-state index in [9.17, 15) is 18.0 Å². The summed E-state index contributed by atoms with van der Waals surface area (Å²) < 4.78 is 41.9. The number of carbonyl (C=O) groups excluding carboxylic acids is 1. The topological polar surface area (TPSA) is 117 Å². The van der Waals surface area contributed by atoms with Crippen LogP contribution in [0.2, 0.25) is 0 Å². The summed E-state index contributed by atoms with van der Waals surface area (Å²) in [6.07, 6.45) is 2.80. The fourth-order valence-electron chi connectivity index (χ4n) is 3.94. The number of H-pyrrole nitrogens is 1. The number of aromatic amines is 1. The number of ether oxygens (including phenoxy) is 1. The van der Waals surface area contributed by atoms with Gasteiger partial charge in [-0.25, -0.2) is 9.97 Å². The van der Waals surface area contributed by atoms with Gasteiger partial charge in [0.1, 0.15) is 18.0 Å². The first-order valence-electron chi connectivity index (χ1n) is 11.8. The van der Waals surface area contributed by atoms with E-state index >= 15 is 0 Å². The number of alkyl halides is 3. The number of esters is 1. The van der Waals surface area contributed by atoms with Crippen LogP contribution >= 0.6 is 0 Å². The molecule has 11 heteroatoms. The number of halogens is 3.